The Hall–Kier alpha value is -2.39. The molecule has 1 atom stereocenters. The third-order valence-electron chi connectivity index (χ3n) is 3.27. The van der Waals surface area contributed by atoms with E-state index in [1.54, 1.807) is 31.2 Å². The molecule has 0 spiro atoms. The molecule has 3 aromatic rings. The Morgan fingerprint density at radius 2 is 1.65 bits per heavy atom. The molecule has 0 fully saturated rings. The minimum Gasteiger partial charge on any atom is -0.457 e. The van der Waals surface area contributed by atoms with Crippen LogP contribution >= 0.6 is 0 Å². The molecule has 0 bridgehead atoms. The molecule has 20 heavy (non-hydrogen) atoms. The van der Waals surface area contributed by atoms with E-state index in [4.69, 9.17) is 4.42 Å². The summed E-state index contributed by atoms with van der Waals surface area (Å²) in [5.41, 5.74) is 1.56. The number of aliphatic hydroxyl groups excluding tert-OH is 1. The predicted octanol–water partition coefficient (Wildman–Crippen LogP) is 3.51. The molecule has 1 aromatic heterocycles. The third kappa shape index (κ3) is 2.02. The first-order chi connectivity index (χ1) is 9.68. The Bertz CT molecular complexity index is 801. The van der Waals surface area contributed by atoms with Crippen molar-refractivity contribution >= 4 is 11.0 Å². The van der Waals surface area contributed by atoms with E-state index in [0.717, 1.165) is 5.56 Å². The second kappa shape index (κ2) is 4.94. The van der Waals surface area contributed by atoms with Gasteiger partial charge in [0.1, 0.15) is 17.4 Å². The van der Waals surface area contributed by atoms with Crippen molar-refractivity contribution in [3.8, 4) is 11.1 Å². The minimum atomic E-state index is -0.845. The molecule has 0 saturated carbocycles. The largest absolute Gasteiger partial charge is 0.457 e. The molecule has 2 aromatic carbocycles. The van der Waals surface area contributed by atoms with Crippen LogP contribution < -0.4 is 5.43 Å². The van der Waals surface area contributed by atoms with E-state index in [1.807, 2.05) is 30.3 Å². The topological polar surface area (TPSA) is 50.4 Å². The highest BCUT2D eigenvalue weighted by molar-refractivity contribution is 5.82. The van der Waals surface area contributed by atoms with Gasteiger partial charge in [0.25, 0.3) is 0 Å². The Morgan fingerprint density at radius 3 is 2.35 bits per heavy atom. The van der Waals surface area contributed by atoms with Crippen LogP contribution in [0.3, 0.4) is 0 Å². The molecule has 1 heterocycles. The molecule has 0 amide bonds. The molecule has 0 saturated heterocycles. The summed E-state index contributed by atoms with van der Waals surface area (Å²) in [7, 11) is 0. The molecular formula is C17H14O3. The number of rotatable bonds is 2. The van der Waals surface area contributed by atoms with Gasteiger partial charge in [-0.15, -0.1) is 0 Å². The molecule has 1 N–H and O–H groups in total. The number of hydrogen-bond acceptors (Lipinski definition) is 3. The van der Waals surface area contributed by atoms with E-state index in [1.165, 1.54) is 0 Å². The van der Waals surface area contributed by atoms with Crippen LogP contribution in [0.25, 0.3) is 22.1 Å². The van der Waals surface area contributed by atoms with Gasteiger partial charge in [0, 0.05) is 0 Å². The quantitative estimate of drug-likeness (QED) is 0.772. The van der Waals surface area contributed by atoms with Gasteiger partial charge in [-0.25, -0.2) is 0 Å². The second-order valence-electron chi connectivity index (χ2n) is 4.71. The Balaban J connectivity index is 2.43. The lowest BCUT2D eigenvalue weighted by Gasteiger charge is -2.12. The summed E-state index contributed by atoms with van der Waals surface area (Å²) in [6.45, 7) is 1.60. The maximum absolute atomic E-state index is 12.7. The van der Waals surface area contributed by atoms with Crippen molar-refractivity contribution in [1.82, 2.24) is 0 Å². The van der Waals surface area contributed by atoms with E-state index < -0.39 is 6.10 Å². The SMILES string of the molecule is CC(O)c1oc2ccccc2c(=O)c1-c1ccccc1. The van der Waals surface area contributed by atoms with E-state index in [9.17, 15) is 9.90 Å². The molecule has 0 aliphatic carbocycles. The second-order valence-corrected chi connectivity index (χ2v) is 4.71. The van der Waals surface area contributed by atoms with Gasteiger partial charge in [0.05, 0.1) is 10.9 Å². The van der Waals surface area contributed by atoms with Gasteiger partial charge in [-0.2, -0.15) is 0 Å². The lowest BCUT2D eigenvalue weighted by atomic mass is 10.0. The smallest absolute Gasteiger partial charge is 0.200 e. The summed E-state index contributed by atoms with van der Waals surface area (Å²) in [6.07, 6.45) is -0.845. The van der Waals surface area contributed by atoms with Crippen molar-refractivity contribution < 1.29 is 9.52 Å². The molecule has 0 radical (unpaired) electrons. The number of para-hydroxylation sites is 1. The Morgan fingerprint density at radius 1 is 1.00 bits per heavy atom. The van der Waals surface area contributed by atoms with E-state index in [0.29, 0.717) is 22.3 Å². The van der Waals surface area contributed by atoms with Crippen LogP contribution in [0.1, 0.15) is 18.8 Å². The zero-order chi connectivity index (χ0) is 14.1. The summed E-state index contributed by atoms with van der Waals surface area (Å²) in [4.78, 5) is 12.7. The molecule has 1 unspecified atom stereocenters. The van der Waals surface area contributed by atoms with Gasteiger partial charge < -0.3 is 9.52 Å². The molecule has 100 valence electrons. The summed E-state index contributed by atoms with van der Waals surface area (Å²) in [5, 5.41) is 10.4. The van der Waals surface area contributed by atoms with Crippen LogP contribution in [-0.4, -0.2) is 5.11 Å². The zero-order valence-corrected chi connectivity index (χ0v) is 11.0. The van der Waals surface area contributed by atoms with Gasteiger partial charge in [-0.1, -0.05) is 42.5 Å². The van der Waals surface area contributed by atoms with Gasteiger partial charge in [0.2, 0.25) is 5.43 Å². The fourth-order valence-electron chi connectivity index (χ4n) is 2.33. The van der Waals surface area contributed by atoms with Crippen molar-refractivity contribution in [2.75, 3.05) is 0 Å². The summed E-state index contributed by atoms with van der Waals surface area (Å²) in [5.74, 6) is 0.305. The first-order valence-electron chi connectivity index (χ1n) is 6.47. The summed E-state index contributed by atoms with van der Waals surface area (Å²) >= 11 is 0. The van der Waals surface area contributed by atoms with Gasteiger partial charge in [-0.3, -0.25) is 4.79 Å². The van der Waals surface area contributed by atoms with Crippen LogP contribution in [0.5, 0.6) is 0 Å². The molecule has 0 aliphatic heterocycles. The van der Waals surface area contributed by atoms with Gasteiger partial charge in [-0.05, 0) is 24.6 Å². The monoisotopic (exact) mass is 266 g/mol. The maximum Gasteiger partial charge on any atom is 0.200 e. The van der Waals surface area contributed by atoms with Crippen molar-refractivity contribution in [2.45, 2.75) is 13.0 Å². The molecule has 0 aliphatic rings. The average Bonchev–Trinajstić information content (AvgIpc) is 2.48. The molecule has 3 rings (SSSR count). The lowest BCUT2D eigenvalue weighted by molar-refractivity contribution is 0.171. The Kier molecular flexibility index (Phi) is 3.12. The third-order valence-corrected chi connectivity index (χ3v) is 3.27. The van der Waals surface area contributed by atoms with Crippen LogP contribution in [-0.2, 0) is 0 Å². The Labute approximate surface area is 116 Å². The van der Waals surface area contributed by atoms with Gasteiger partial charge >= 0.3 is 0 Å². The number of fused-ring (bicyclic) bond motifs is 1. The van der Waals surface area contributed by atoms with Crippen molar-refractivity contribution in [2.24, 2.45) is 0 Å². The molecule has 3 nitrogen and oxygen atoms in total. The lowest BCUT2D eigenvalue weighted by Crippen LogP contribution is -2.10. The highest BCUT2D eigenvalue weighted by atomic mass is 16.4. The van der Waals surface area contributed by atoms with E-state index in [2.05, 4.69) is 0 Å². The minimum absolute atomic E-state index is 0.117. The molecular weight excluding hydrogens is 252 g/mol. The van der Waals surface area contributed by atoms with E-state index >= 15 is 0 Å². The fraction of sp³-hybridized carbons (Fsp3) is 0.118. The maximum atomic E-state index is 12.7. The summed E-state index contributed by atoms with van der Waals surface area (Å²) < 4.78 is 5.74. The zero-order valence-electron chi connectivity index (χ0n) is 11.0. The number of hydrogen-bond donors (Lipinski definition) is 1. The summed E-state index contributed by atoms with van der Waals surface area (Å²) in [6, 6.07) is 16.4. The molecule has 3 heteroatoms. The van der Waals surface area contributed by atoms with Crippen molar-refractivity contribution in [1.29, 1.82) is 0 Å². The van der Waals surface area contributed by atoms with Crippen LogP contribution in [0.4, 0.5) is 0 Å². The fourth-order valence-corrected chi connectivity index (χ4v) is 2.33. The van der Waals surface area contributed by atoms with Crippen LogP contribution in [0, 0.1) is 0 Å². The normalized spacial score (nSPS) is 12.5. The number of benzene rings is 2. The van der Waals surface area contributed by atoms with E-state index in [-0.39, 0.29) is 5.43 Å². The first-order valence-corrected chi connectivity index (χ1v) is 6.47. The first kappa shape index (κ1) is 12.6. The van der Waals surface area contributed by atoms with Crippen LogP contribution in [0.15, 0.2) is 63.8 Å². The average molecular weight is 266 g/mol. The highest BCUT2D eigenvalue weighted by Gasteiger charge is 2.18. The standard InChI is InChI=1S/C17H14O3/c1-11(18)17-15(12-7-3-2-4-8-12)16(19)13-9-5-6-10-14(13)20-17/h2-11,18H,1H3. The van der Waals surface area contributed by atoms with Crippen molar-refractivity contribution in [3.63, 3.8) is 0 Å². The van der Waals surface area contributed by atoms with Gasteiger partial charge in [0.15, 0.2) is 0 Å². The van der Waals surface area contributed by atoms with Crippen molar-refractivity contribution in [3.05, 3.63) is 70.6 Å². The van der Waals surface area contributed by atoms with Crippen LogP contribution in [0.2, 0.25) is 0 Å². The number of aliphatic hydroxyl groups is 1. The predicted molar refractivity (Wildman–Crippen MR) is 78.6 cm³/mol. The highest BCUT2D eigenvalue weighted by Crippen LogP contribution is 2.28.